The minimum absolute atomic E-state index is 0.249. The average Bonchev–Trinajstić information content (AvgIpc) is 3.14. The first-order chi connectivity index (χ1) is 14.3. The van der Waals surface area contributed by atoms with E-state index in [1.165, 1.54) is 6.07 Å². The van der Waals surface area contributed by atoms with Crippen molar-refractivity contribution >= 4 is 50.5 Å². The van der Waals surface area contributed by atoms with Crippen molar-refractivity contribution in [3.63, 3.8) is 0 Å². The lowest BCUT2D eigenvalue weighted by Gasteiger charge is -2.12. The number of thiocarbonyl (C=S) groups is 1. The minimum atomic E-state index is -0.346. The van der Waals surface area contributed by atoms with Gasteiger partial charge in [0, 0.05) is 29.9 Å². The molecule has 0 amide bonds. The van der Waals surface area contributed by atoms with Crippen molar-refractivity contribution in [3.05, 3.63) is 62.4 Å². The van der Waals surface area contributed by atoms with Crippen LogP contribution in [0.3, 0.4) is 0 Å². The SMILES string of the molecule is Cc1nn(CCCNC(=S)Nc2c(C)nn(Cc3c(F)cccc3Cl)c2C)cc1Br. The Bertz CT molecular complexity index is 1020. The fraction of sp³-hybridized carbons (Fsp3) is 0.350. The summed E-state index contributed by atoms with van der Waals surface area (Å²) in [6, 6.07) is 4.66. The number of anilines is 1. The predicted molar refractivity (Wildman–Crippen MR) is 126 cm³/mol. The Morgan fingerprint density at radius 3 is 2.67 bits per heavy atom. The lowest BCUT2D eigenvalue weighted by molar-refractivity contribution is 0.570. The Morgan fingerprint density at radius 1 is 1.23 bits per heavy atom. The number of halogens is 3. The van der Waals surface area contributed by atoms with E-state index in [1.807, 2.05) is 31.6 Å². The van der Waals surface area contributed by atoms with Gasteiger partial charge in [-0.1, -0.05) is 17.7 Å². The van der Waals surface area contributed by atoms with E-state index in [0.29, 0.717) is 22.2 Å². The van der Waals surface area contributed by atoms with E-state index in [0.717, 1.165) is 40.2 Å². The van der Waals surface area contributed by atoms with Crippen LogP contribution in [0.15, 0.2) is 28.9 Å². The van der Waals surface area contributed by atoms with Crippen molar-refractivity contribution in [2.24, 2.45) is 0 Å². The second kappa shape index (κ2) is 9.89. The molecule has 10 heteroatoms. The monoisotopic (exact) mass is 512 g/mol. The van der Waals surface area contributed by atoms with Gasteiger partial charge in [0.05, 0.1) is 33.8 Å². The molecule has 0 atom stereocenters. The molecule has 0 aliphatic carbocycles. The van der Waals surface area contributed by atoms with Gasteiger partial charge in [-0.3, -0.25) is 9.36 Å². The normalized spacial score (nSPS) is 11.0. The van der Waals surface area contributed by atoms with Crippen LogP contribution in [-0.2, 0) is 13.1 Å². The Kier molecular flexibility index (Phi) is 7.49. The number of aromatic nitrogens is 4. The summed E-state index contributed by atoms with van der Waals surface area (Å²) in [5, 5.41) is 16.2. The molecule has 0 saturated carbocycles. The van der Waals surface area contributed by atoms with Gasteiger partial charge in [-0.05, 0) is 67.5 Å². The topological polar surface area (TPSA) is 59.7 Å². The molecule has 0 radical (unpaired) electrons. The highest BCUT2D eigenvalue weighted by Crippen LogP contribution is 2.24. The standard InChI is InChI=1S/C20H23BrClFN6S/c1-12-16(21)11-28(26-12)9-5-8-24-20(30)25-19-13(2)27-29(14(19)3)10-15-17(22)6-4-7-18(15)23/h4,6-7,11H,5,8-10H2,1-3H3,(H2,24,25,30). The zero-order valence-electron chi connectivity index (χ0n) is 17.0. The summed E-state index contributed by atoms with van der Waals surface area (Å²) in [4.78, 5) is 0. The van der Waals surface area contributed by atoms with Gasteiger partial charge < -0.3 is 10.6 Å². The molecule has 0 spiro atoms. The van der Waals surface area contributed by atoms with Gasteiger partial charge in [-0.15, -0.1) is 0 Å². The molecule has 6 nitrogen and oxygen atoms in total. The molecular weight excluding hydrogens is 491 g/mol. The fourth-order valence-corrected chi connectivity index (χ4v) is 3.82. The van der Waals surface area contributed by atoms with Crippen molar-refractivity contribution in [1.29, 1.82) is 0 Å². The Hall–Kier alpha value is -1.97. The van der Waals surface area contributed by atoms with E-state index in [-0.39, 0.29) is 12.4 Å². The minimum Gasteiger partial charge on any atom is -0.362 e. The summed E-state index contributed by atoms with van der Waals surface area (Å²) in [5.74, 6) is -0.346. The largest absolute Gasteiger partial charge is 0.362 e. The molecular formula is C20H23BrClFN6S. The van der Waals surface area contributed by atoms with Gasteiger partial charge in [-0.25, -0.2) is 4.39 Å². The number of hydrogen-bond donors (Lipinski definition) is 2. The summed E-state index contributed by atoms with van der Waals surface area (Å²) < 4.78 is 18.8. The third-order valence-corrected chi connectivity index (χ3v) is 6.10. The molecule has 1 aromatic carbocycles. The highest BCUT2D eigenvalue weighted by molar-refractivity contribution is 9.10. The van der Waals surface area contributed by atoms with Crippen molar-refractivity contribution in [2.45, 2.75) is 40.3 Å². The number of hydrogen-bond acceptors (Lipinski definition) is 3. The maximum absolute atomic E-state index is 14.1. The van der Waals surface area contributed by atoms with E-state index < -0.39 is 0 Å². The van der Waals surface area contributed by atoms with Gasteiger partial charge in [-0.2, -0.15) is 10.2 Å². The molecule has 3 aromatic rings. The van der Waals surface area contributed by atoms with Crippen molar-refractivity contribution in [1.82, 2.24) is 24.9 Å². The van der Waals surface area contributed by atoms with E-state index >= 15 is 0 Å². The lowest BCUT2D eigenvalue weighted by Crippen LogP contribution is -2.30. The van der Waals surface area contributed by atoms with Crippen LogP contribution in [0.1, 0.15) is 29.1 Å². The molecule has 0 unspecified atom stereocenters. The van der Waals surface area contributed by atoms with Crippen LogP contribution in [0, 0.1) is 26.6 Å². The Labute approximate surface area is 193 Å². The van der Waals surface area contributed by atoms with Gasteiger partial charge in [0.15, 0.2) is 5.11 Å². The highest BCUT2D eigenvalue weighted by Gasteiger charge is 2.15. The van der Waals surface area contributed by atoms with E-state index in [2.05, 4.69) is 36.8 Å². The fourth-order valence-electron chi connectivity index (χ4n) is 3.07. The molecule has 2 heterocycles. The van der Waals surface area contributed by atoms with Crippen LogP contribution in [0.5, 0.6) is 0 Å². The molecule has 0 bridgehead atoms. The first kappa shape index (κ1) is 22.7. The molecule has 0 saturated heterocycles. The van der Waals surface area contributed by atoms with Gasteiger partial charge in [0.2, 0.25) is 0 Å². The van der Waals surface area contributed by atoms with Crippen LogP contribution in [0.4, 0.5) is 10.1 Å². The molecule has 2 aromatic heterocycles. The van der Waals surface area contributed by atoms with Crippen LogP contribution in [0.25, 0.3) is 0 Å². The van der Waals surface area contributed by atoms with E-state index in [9.17, 15) is 4.39 Å². The number of benzene rings is 1. The number of rotatable bonds is 7. The third-order valence-electron chi connectivity index (χ3n) is 4.73. The maximum atomic E-state index is 14.1. The smallest absolute Gasteiger partial charge is 0.170 e. The van der Waals surface area contributed by atoms with Gasteiger partial charge in [0.25, 0.3) is 0 Å². The predicted octanol–water partition coefficient (Wildman–Crippen LogP) is 4.98. The summed E-state index contributed by atoms with van der Waals surface area (Å²) in [7, 11) is 0. The average molecular weight is 514 g/mol. The number of aryl methyl sites for hydroxylation is 3. The molecule has 0 fully saturated rings. The molecule has 30 heavy (non-hydrogen) atoms. The summed E-state index contributed by atoms with van der Waals surface area (Å²) in [5.41, 5.74) is 3.83. The third kappa shape index (κ3) is 5.39. The zero-order valence-corrected chi connectivity index (χ0v) is 20.1. The lowest BCUT2D eigenvalue weighted by atomic mass is 10.2. The van der Waals surface area contributed by atoms with Crippen LogP contribution in [-0.4, -0.2) is 31.2 Å². The second-order valence-corrected chi connectivity index (χ2v) is 8.63. The highest BCUT2D eigenvalue weighted by atomic mass is 79.9. The van der Waals surface area contributed by atoms with Crippen LogP contribution < -0.4 is 10.6 Å². The Morgan fingerprint density at radius 2 is 2.00 bits per heavy atom. The maximum Gasteiger partial charge on any atom is 0.170 e. The zero-order chi connectivity index (χ0) is 21.8. The van der Waals surface area contributed by atoms with Crippen molar-refractivity contribution in [2.75, 3.05) is 11.9 Å². The summed E-state index contributed by atoms with van der Waals surface area (Å²) in [6.45, 7) is 7.51. The summed E-state index contributed by atoms with van der Waals surface area (Å²) >= 11 is 15.0. The molecule has 3 rings (SSSR count). The van der Waals surface area contributed by atoms with Crippen molar-refractivity contribution < 1.29 is 4.39 Å². The van der Waals surface area contributed by atoms with E-state index in [1.54, 1.807) is 16.8 Å². The van der Waals surface area contributed by atoms with Gasteiger partial charge >= 0.3 is 0 Å². The first-order valence-corrected chi connectivity index (χ1v) is 11.1. The van der Waals surface area contributed by atoms with Crippen LogP contribution in [0.2, 0.25) is 5.02 Å². The number of nitrogens with zero attached hydrogens (tertiary/aromatic N) is 4. The van der Waals surface area contributed by atoms with Crippen LogP contribution >= 0.6 is 39.7 Å². The molecule has 2 N–H and O–H groups in total. The molecule has 0 aliphatic rings. The molecule has 0 aliphatic heterocycles. The summed E-state index contributed by atoms with van der Waals surface area (Å²) in [6.07, 6.45) is 2.84. The van der Waals surface area contributed by atoms with Gasteiger partial charge in [0.1, 0.15) is 5.82 Å². The first-order valence-electron chi connectivity index (χ1n) is 9.47. The Balaban J connectivity index is 1.56. The quantitative estimate of drug-likeness (QED) is 0.344. The van der Waals surface area contributed by atoms with Crippen molar-refractivity contribution in [3.8, 4) is 0 Å². The van der Waals surface area contributed by atoms with E-state index in [4.69, 9.17) is 23.8 Å². The number of nitrogens with one attached hydrogen (secondary N) is 2. The molecule has 160 valence electrons. The second-order valence-electron chi connectivity index (χ2n) is 6.96.